The van der Waals surface area contributed by atoms with Crippen molar-refractivity contribution < 1.29 is 18.4 Å². The monoisotopic (exact) mass is 406 g/mol. The molecule has 7 heteroatoms. The molecule has 1 fully saturated rings. The van der Waals surface area contributed by atoms with Crippen LogP contribution in [-0.4, -0.2) is 29.8 Å². The first kappa shape index (κ1) is 20.3. The van der Waals surface area contributed by atoms with E-state index in [0.29, 0.717) is 36.5 Å². The third-order valence-corrected chi connectivity index (χ3v) is 5.21. The van der Waals surface area contributed by atoms with Crippen molar-refractivity contribution in [1.29, 1.82) is 0 Å². The highest BCUT2D eigenvalue weighted by molar-refractivity contribution is 6.30. The highest BCUT2D eigenvalue weighted by Crippen LogP contribution is 2.22. The Kier molecular flexibility index (Phi) is 6.29. The predicted molar refractivity (Wildman–Crippen MR) is 103 cm³/mol. The van der Waals surface area contributed by atoms with E-state index in [1.165, 1.54) is 6.07 Å². The lowest BCUT2D eigenvalue weighted by molar-refractivity contribution is -0.127. The van der Waals surface area contributed by atoms with Crippen LogP contribution in [-0.2, 0) is 4.79 Å². The molecule has 2 atom stereocenters. The fourth-order valence-corrected chi connectivity index (χ4v) is 3.54. The highest BCUT2D eigenvalue weighted by atomic mass is 35.5. The van der Waals surface area contributed by atoms with E-state index in [0.717, 1.165) is 12.1 Å². The van der Waals surface area contributed by atoms with E-state index in [1.54, 1.807) is 36.1 Å². The Labute approximate surface area is 167 Å². The number of rotatable bonds is 4. The van der Waals surface area contributed by atoms with Gasteiger partial charge in [-0.2, -0.15) is 0 Å². The van der Waals surface area contributed by atoms with Crippen molar-refractivity contribution in [3.63, 3.8) is 0 Å². The molecule has 2 amide bonds. The van der Waals surface area contributed by atoms with Gasteiger partial charge in [0.05, 0.1) is 12.0 Å². The fraction of sp³-hybridized carbons (Fsp3) is 0.333. The molecule has 0 radical (unpaired) electrons. The third-order valence-electron chi connectivity index (χ3n) is 4.96. The lowest BCUT2D eigenvalue weighted by atomic mass is 9.95. The number of benzene rings is 2. The van der Waals surface area contributed by atoms with Crippen LogP contribution in [0.15, 0.2) is 42.5 Å². The van der Waals surface area contributed by atoms with Gasteiger partial charge in [0.2, 0.25) is 5.91 Å². The smallest absolute Gasteiger partial charge is 0.253 e. The van der Waals surface area contributed by atoms with Gasteiger partial charge in [0, 0.05) is 35.3 Å². The van der Waals surface area contributed by atoms with Gasteiger partial charge >= 0.3 is 0 Å². The number of amides is 2. The van der Waals surface area contributed by atoms with Crippen molar-refractivity contribution in [1.82, 2.24) is 10.2 Å². The number of carbonyl (C=O) groups excluding carboxylic acids is 2. The van der Waals surface area contributed by atoms with E-state index in [2.05, 4.69) is 5.32 Å². The molecule has 148 valence electrons. The Morgan fingerprint density at radius 2 is 1.89 bits per heavy atom. The minimum Gasteiger partial charge on any atom is -0.349 e. The molecule has 0 bridgehead atoms. The van der Waals surface area contributed by atoms with Crippen LogP contribution in [0.2, 0.25) is 5.02 Å². The second-order valence-corrected chi connectivity index (χ2v) is 7.43. The summed E-state index contributed by atoms with van der Waals surface area (Å²) in [5.74, 6) is -2.13. The highest BCUT2D eigenvalue weighted by Gasteiger charge is 2.30. The first-order valence-corrected chi connectivity index (χ1v) is 9.53. The zero-order valence-corrected chi connectivity index (χ0v) is 16.2. The maximum Gasteiger partial charge on any atom is 0.253 e. The van der Waals surface area contributed by atoms with E-state index >= 15 is 0 Å². The van der Waals surface area contributed by atoms with E-state index in [-0.39, 0.29) is 23.3 Å². The second kappa shape index (κ2) is 8.69. The molecule has 1 heterocycles. The number of carbonyl (C=O) groups is 2. The Balaban J connectivity index is 1.63. The summed E-state index contributed by atoms with van der Waals surface area (Å²) in [5, 5.41) is 3.33. The normalized spacial score (nSPS) is 17.9. The van der Waals surface area contributed by atoms with Crippen molar-refractivity contribution in [3.05, 3.63) is 70.2 Å². The summed E-state index contributed by atoms with van der Waals surface area (Å²) < 4.78 is 27.0. The number of hydrogen-bond acceptors (Lipinski definition) is 2. The minimum absolute atomic E-state index is 0.146. The van der Waals surface area contributed by atoms with Crippen LogP contribution < -0.4 is 5.32 Å². The molecule has 0 spiro atoms. The van der Waals surface area contributed by atoms with Crippen molar-refractivity contribution >= 4 is 23.4 Å². The maximum atomic E-state index is 13.9. The Morgan fingerprint density at radius 3 is 2.57 bits per heavy atom. The van der Waals surface area contributed by atoms with Gasteiger partial charge in [0.15, 0.2) is 0 Å². The largest absolute Gasteiger partial charge is 0.349 e. The minimum atomic E-state index is -0.698. The number of hydrogen-bond donors (Lipinski definition) is 1. The molecular weight excluding hydrogens is 386 g/mol. The molecule has 1 saturated heterocycles. The Hall–Kier alpha value is -2.47. The predicted octanol–water partition coefficient (Wildman–Crippen LogP) is 4.35. The molecule has 3 rings (SSSR count). The first-order chi connectivity index (χ1) is 13.3. The van der Waals surface area contributed by atoms with E-state index in [9.17, 15) is 18.4 Å². The van der Waals surface area contributed by atoms with E-state index < -0.39 is 17.7 Å². The summed E-state index contributed by atoms with van der Waals surface area (Å²) in [6.45, 7) is 2.52. The average molecular weight is 407 g/mol. The van der Waals surface area contributed by atoms with Crippen LogP contribution in [0.25, 0.3) is 0 Å². The number of halogens is 3. The van der Waals surface area contributed by atoms with E-state index in [1.807, 2.05) is 0 Å². The van der Waals surface area contributed by atoms with Gasteiger partial charge in [-0.3, -0.25) is 9.59 Å². The number of nitrogens with zero attached hydrogens (tertiary/aromatic N) is 1. The molecule has 0 aromatic heterocycles. The van der Waals surface area contributed by atoms with Crippen molar-refractivity contribution in [2.75, 3.05) is 13.1 Å². The van der Waals surface area contributed by atoms with Crippen LogP contribution in [0.5, 0.6) is 0 Å². The molecule has 4 nitrogen and oxygen atoms in total. The van der Waals surface area contributed by atoms with Gasteiger partial charge in [0.1, 0.15) is 11.6 Å². The van der Waals surface area contributed by atoms with Gasteiger partial charge in [-0.05, 0) is 50.1 Å². The van der Waals surface area contributed by atoms with Gasteiger partial charge in [-0.25, -0.2) is 8.78 Å². The Bertz CT molecular complexity index is 873. The van der Waals surface area contributed by atoms with Gasteiger partial charge in [0.25, 0.3) is 5.91 Å². The molecule has 2 unspecified atom stereocenters. The zero-order chi connectivity index (χ0) is 20.3. The van der Waals surface area contributed by atoms with Crippen molar-refractivity contribution in [3.8, 4) is 0 Å². The van der Waals surface area contributed by atoms with Gasteiger partial charge < -0.3 is 10.2 Å². The lowest BCUT2D eigenvalue weighted by Crippen LogP contribution is -2.45. The first-order valence-electron chi connectivity index (χ1n) is 9.15. The number of nitrogens with one attached hydrogen (secondary N) is 1. The van der Waals surface area contributed by atoms with Crippen LogP contribution in [0, 0.1) is 17.6 Å². The molecule has 2 aromatic carbocycles. The standard InChI is InChI=1S/C21H21ClF2N2O2/c1-13(18-9-8-17(23)11-19(18)24)25-20(27)15-3-2-10-26(12-15)21(28)14-4-6-16(22)7-5-14/h4-9,11,13,15H,2-3,10,12H2,1H3,(H,25,27). The maximum absolute atomic E-state index is 13.9. The SMILES string of the molecule is CC(NC(=O)C1CCCN(C(=O)c2ccc(Cl)cc2)C1)c1ccc(F)cc1F. The molecule has 28 heavy (non-hydrogen) atoms. The quantitative estimate of drug-likeness (QED) is 0.820. The average Bonchev–Trinajstić information content (AvgIpc) is 2.68. The lowest BCUT2D eigenvalue weighted by Gasteiger charge is -2.32. The Morgan fingerprint density at radius 1 is 1.18 bits per heavy atom. The fourth-order valence-electron chi connectivity index (χ4n) is 3.41. The van der Waals surface area contributed by atoms with E-state index in [4.69, 9.17) is 11.6 Å². The molecule has 2 aromatic rings. The van der Waals surface area contributed by atoms with Gasteiger partial charge in [-0.1, -0.05) is 17.7 Å². The van der Waals surface area contributed by atoms with Crippen LogP contribution in [0.3, 0.4) is 0 Å². The van der Waals surface area contributed by atoms with Crippen LogP contribution in [0.1, 0.15) is 41.7 Å². The molecule has 1 aliphatic heterocycles. The summed E-state index contributed by atoms with van der Waals surface area (Å²) in [7, 11) is 0. The summed E-state index contributed by atoms with van der Waals surface area (Å²) in [5.41, 5.74) is 0.742. The molecule has 1 aliphatic rings. The number of piperidine rings is 1. The summed E-state index contributed by atoms with van der Waals surface area (Å²) in [6.07, 6.45) is 1.35. The summed E-state index contributed by atoms with van der Waals surface area (Å²) in [4.78, 5) is 27.0. The summed E-state index contributed by atoms with van der Waals surface area (Å²) in [6, 6.07) is 9.31. The topological polar surface area (TPSA) is 49.4 Å². The number of likely N-dealkylation sites (tertiary alicyclic amines) is 1. The van der Waals surface area contributed by atoms with Gasteiger partial charge in [-0.15, -0.1) is 0 Å². The molecular formula is C21H21ClF2N2O2. The second-order valence-electron chi connectivity index (χ2n) is 6.99. The third kappa shape index (κ3) is 4.68. The summed E-state index contributed by atoms with van der Waals surface area (Å²) >= 11 is 5.86. The zero-order valence-electron chi connectivity index (χ0n) is 15.4. The van der Waals surface area contributed by atoms with Crippen LogP contribution in [0.4, 0.5) is 8.78 Å². The molecule has 1 N–H and O–H groups in total. The molecule has 0 aliphatic carbocycles. The van der Waals surface area contributed by atoms with Crippen molar-refractivity contribution in [2.24, 2.45) is 5.92 Å². The van der Waals surface area contributed by atoms with Crippen molar-refractivity contribution in [2.45, 2.75) is 25.8 Å². The van der Waals surface area contributed by atoms with Crippen LogP contribution >= 0.6 is 11.6 Å². The molecule has 0 saturated carbocycles.